The average Bonchev–Trinajstić information content (AvgIpc) is 2.68. The summed E-state index contributed by atoms with van der Waals surface area (Å²) in [5.41, 5.74) is 7.17. The van der Waals surface area contributed by atoms with Crippen molar-refractivity contribution in [1.82, 2.24) is 9.88 Å². The predicted octanol–water partition coefficient (Wildman–Crippen LogP) is 1.83. The molecule has 1 unspecified atom stereocenters. The average molecular weight is 340 g/mol. The van der Waals surface area contributed by atoms with Gasteiger partial charge in [-0.2, -0.15) is 0 Å². The van der Waals surface area contributed by atoms with Crippen LogP contribution in [-0.2, 0) is 4.79 Å². The number of rotatable bonds is 5. The molecule has 132 valence electrons. The van der Waals surface area contributed by atoms with Gasteiger partial charge in [-0.05, 0) is 11.6 Å². The van der Waals surface area contributed by atoms with Gasteiger partial charge in [-0.25, -0.2) is 4.98 Å². The zero-order valence-electron chi connectivity index (χ0n) is 14.5. The molecule has 2 aromatic rings. The van der Waals surface area contributed by atoms with E-state index < -0.39 is 0 Å². The highest BCUT2D eigenvalue weighted by atomic mass is 16.5. The molecule has 25 heavy (non-hydrogen) atoms. The topological polar surface area (TPSA) is 71.7 Å². The second-order valence-corrected chi connectivity index (χ2v) is 6.14. The van der Waals surface area contributed by atoms with E-state index in [1.165, 1.54) is 0 Å². The van der Waals surface area contributed by atoms with Crippen molar-refractivity contribution in [2.24, 2.45) is 5.73 Å². The molecule has 0 aliphatic carbocycles. The molecule has 1 aliphatic heterocycles. The maximum absolute atomic E-state index is 12.5. The minimum atomic E-state index is -0.258. The Labute approximate surface area is 148 Å². The van der Waals surface area contributed by atoms with Crippen molar-refractivity contribution in [2.45, 2.75) is 12.5 Å². The van der Waals surface area contributed by atoms with Gasteiger partial charge >= 0.3 is 0 Å². The maximum atomic E-state index is 12.5. The van der Waals surface area contributed by atoms with Gasteiger partial charge in [0.1, 0.15) is 11.6 Å². The van der Waals surface area contributed by atoms with E-state index in [0.717, 1.165) is 30.2 Å². The lowest BCUT2D eigenvalue weighted by Gasteiger charge is -2.36. The molecule has 1 fully saturated rings. The zero-order chi connectivity index (χ0) is 17.6. The summed E-state index contributed by atoms with van der Waals surface area (Å²) in [5.74, 6) is 1.78. The lowest BCUT2D eigenvalue weighted by molar-refractivity contribution is -0.131. The number of aromatic nitrogens is 1. The van der Waals surface area contributed by atoms with Crippen LogP contribution in [0.3, 0.4) is 0 Å². The van der Waals surface area contributed by atoms with Gasteiger partial charge in [0, 0.05) is 50.9 Å². The van der Waals surface area contributed by atoms with Gasteiger partial charge in [-0.1, -0.05) is 30.3 Å². The number of piperazine rings is 1. The first-order valence-corrected chi connectivity index (χ1v) is 8.50. The zero-order valence-corrected chi connectivity index (χ0v) is 14.5. The van der Waals surface area contributed by atoms with Gasteiger partial charge in [-0.3, -0.25) is 4.79 Å². The second-order valence-electron chi connectivity index (χ2n) is 6.14. The summed E-state index contributed by atoms with van der Waals surface area (Å²) in [7, 11) is 1.64. The minimum absolute atomic E-state index is 0.106. The van der Waals surface area contributed by atoms with E-state index >= 15 is 0 Å². The summed E-state index contributed by atoms with van der Waals surface area (Å²) < 4.78 is 5.25. The summed E-state index contributed by atoms with van der Waals surface area (Å²) >= 11 is 0. The van der Waals surface area contributed by atoms with Crippen LogP contribution in [-0.4, -0.2) is 49.1 Å². The Hall–Kier alpha value is -2.60. The van der Waals surface area contributed by atoms with Gasteiger partial charge in [0.15, 0.2) is 0 Å². The van der Waals surface area contributed by atoms with Crippen molar-refractivity contribution in [2.75, 3.05) is 38.2 Å². The van der Waals surface area contributed by atoms with Gasteiger partial charge in [0.05, 0.1) is 7.11 Å². The molecule has 0 radical (unpaired) electrons. The summed E-state index contributed by atoms with van der Waals surface area (Å²) in [5, 5.41) is 0. The van der Waals surface area contributed by atoms with Gasteiger partial charge in [-0.15, -0.1) is 0 Å². The molecule has 0 bridgehead atoms. The lowest BCUT2D eigenvalue weighted by Crippen LogP contribution is -2.49. The quantitative estimate of drug-likeness (QED) is 0.899. The highest BCUT2D eigenvalue weighted by molar-refractivity contribution is 5.77. The van der Waals surface area contributed by atoms with Crippen LogP contribution in [0.15, 0.2) is 48.7 Å². The highest BCUT2D eigenvalue weighted by Crippen LogP contribution is 2.20. The molecule has 0 spiro atoms. The normalized spacial score (nSPS) is 15.8. The second kappa shape index (κ2) is 7.98. The molecule has 3 rings (SSSR count). The number of benzene rings is 1. The smallest absolute Gasteiger partial charge is 0.224 e. The number of hydrogen-bond donors (Lipinski definition) is 1. The number of ether oxygens (including phenoxy) is 1. The van der Waals surface area contributed by atoms with E-state index in [0.29, 0.717) is 19.5 Å². The molecule has 6 nitrogen and oxygen atoms in total. The van der Waals surface area contributed by atoms with Gasteiger partial charge in [0.25, 0.3) is 0 Å². The number of nitrogens with zero attached hydrogens (tertiary/aromatic N) is 3. The van der Waals surface area contributed by atoms with Crippen molar-refractivity contribution in [3.63, 3.8) is 0 Å². The largest absolute Gasteiger partial charge is 0.497 e. The predicted molar refractivity (Wildman–Crippen MR) is 97.6 cm³/mol. The van der Waals surface area contributed by atoms with Crippen LogP contribution in [0.4, 0.5) is 5.82 Å². The molecule has 1 aromatic heterocycles. The molecule has 2 heterocycles. The van der Waals surface area contributed by atoms with Crippen LogP contribution in [0, 0.1) is 0 Å². The number of anilines is 1. The molecule has 1 aromatic carbocycles. The number of carbonyl (C=O) groups is 1. The molecule has 2 N–H and O–H groups in total. The summed E-state index contributed by atoms with van der Waals surface area (Å²) in [6, 6.07) is 13.3. The first-order valence-electron chi connectivity index (χ1n) is 8.50. The van der Waals surface area contributed by atoms with Crippen LogP contribution < -0.4 is 15.4 Å². The Balaban J connectivity index is 1.54. The number of methoxy groups -OCH3 is 1. The van der Waals surface area contributed by atoms with Crippen molar-refractivity contribution in [3.8, 4) is 5.75 Å². The van der Waals surface area contributed by atoms with Crippen LogP contribution in [0.2, 0.25) is 0 Å². The van der Waals surface area contributed by atoms with Crippen LogP contribution in [0.25, 0.3) is 0 Å². The number of pyridine rings is 1. The SMILES string of the molecule is COc1ccnc(N2CCN(C(=O)CC(N)c3ccccc3)CC2)c1. The first-order chi connectivity index (χ1) is 12.2. The fourth-order valence-electron chi connectivity index (χ4n) is 3.02. The Morgan fingerprint density at radius 3 is 2.60 bits per heavy atom. The van der Waals surface area contributed by atoms with Crippen molar-refractivity contribution >= 4 is 11.7 Å². The molecular weight excluding hydrogens is 316 g/mol. The fourth-order valence-corrected chi connectivity index (χ4v) is 3.02. The van der Waals surface area contributed by atoms with Crippen LogP contribution in [0.5, 0.6) is 5.75 Å². The van der Waals surface area contributed by atoms with E-state index in [1.807, 2.05) is 47.4 Å². The Morgan fingerprint density at radius 2 is 1.92 bits per heavy atom. The maximum Gasteiger partial charge on any atom is 0.224 e. The van der Waals surface area contributed by atoms with Gasteiger partial charge < -0.3 is 20.3 Å². The number of carbonyl (C=O) groups excluding carboxylic acids is 1. The Bertz CT molecular complexity index is 700. The highest BCUT2D eigenvalue weighted by Gasteiger charge is 2.23. The third kappa shape index (κ3) is 4.28. The summed E-state index contributed by atoms with van der Waals surface area (Å²) in [6.45, 7) is 2.87. The number of amides is 1. The molecule has 1 saturated heterocycles. The molecule has 6 heteroatoms. The van der Waals surface area contributed by atoms with E-state index in [-0.39, 0.29) is 11.9 Å². The third-order valence-electron chi connectivity index (χ3n) is 4.53. The van der Waals surface area contributed by atoms with Crippen LogP contribution >= 0.6 is 0 Å². The Kier molecular flexibility index (Phi) is 5.50. The van der Waals surface area contributed by atoms with E-state index in [4.69, 9.17) is 10.5 Å². The van der Waals surface area contributed by atoms with Gasteiger partial charge in [0.2, 0.25) is 5.91 Å². The van der Waals surface area contributed by atoms with E-state index in [1.54, 1.807) is 13.3 Å². The molecule has 0 saturated carbocycles. The van der Waals surface area contributed by atoms with E-state index in [2.05, 4.69) is 9.88 Å². The summed E-state index contributed by atoms with van der Waals surface area (Å²) in [6.07, 6.45) is 2.08. The monoisotopic (exact) mass is 340 g/mol. The van der Waals surface area contributed by atoms with Crippen molar-refractivity contribution in [1.29, 1.82) is 0 Å². The summed E-state index contributed by atoms with van der Waals surface area (Å²) in [4.78, 5) is 21.0. The standard InChI is InChI=1S/C19H24N4O2/c1-25-16-7-8-21-18(13-16)22-9-11-23(12-10-22)19(24)14-17(20)15-5-3-2-4-6-15/h2-8,13,17H,9-12,14,20H2,1H3. The third-order valence-corrected chi connectivity index (χ3v) is 4.53. The lowest BCUT2D eigenvalue weighted by atomic mass is 10.0. The fraction of sp³-hybridized carbons (Fsp3) is 0.368. The molecule has 1 amide bonds. The number of nitrogens with two attached hydrogens (primary N) is 1. The molecule has 1 atom stereocenters. The van der Waals surface area contributed by atoms with Crippen molar-refractivity contribution in [3.05, 3.63) is 54.2 Å². The number of hydrogen-bond acceptors (Lipinski definition) is 5. The Morgan fingerprint density at radius 1 is 1.20 bits per heavy atom. The molecular formula is C19H24N4O2. The van der Waals surface area contributed by atoms with E-state index in [9.17, 15) is 4.79 Å². The first kappa shape index (κ1) is 17.2. The molecule has 1 aliphatic rings. The minimum Gasteiger partial charge on any atom is -0.497 e. The van der Waals surface area contributed by atoms with Crippen molar-refractivity contribution < 1.29 is 9.53 Å². The van der Waals surface area contributed by atoms with Crippen LogP contribution in [0.1, 0.15) is 18.0 Å².